The lowest BCUT2D eigenvalue weighted by Gasteiger charge is -2.43. The zero-order valence-corrected chi connectivity index (χ0v) is 18.1. The normalized spacial score (nSPS) is 22.3. The topological polar surface area (TPSA) is 23.6 Å². The Morgan fingerprint density at radius 1 is 0.824 bits per heavy atom. The molecule has 0 bridgehead atoms. The molecular formula is C24H23F7N2O. The Labute approximate surface area is 192 Å². The maximum Gasteiger partial charge on any atom is 0.416 e. The quantitative estimate of drug-likeness (QED) is 0.498. The average Bonchev–Trinajstić information content (AvgIpc) is 3.32. The highest BCUT2D eigenvalue weighted by Crippen LogP contribution is 2.38. The van der Waals surface area contributed by atoms with E-state index in [0.29, 0.717) is 18.6 Å². The van der Waals surface area contributed by atoms with Gasteiger partial charge in [-0.05, 0) is 68.2 Å². The summed E-state index contributed by atoms with van der Waals surface area (Å²) in [6.07, 6.45) is -7.50. The van der Waals surface area contributed by atoms with Crippen LogP contribution in [-0.2, 0) is 12.4 Å². The summed E-state index contributed by atoms with van der Waals surface area (Å²) in [4.78, 5) is 16.7. The van der Waals surface area contributed by atoms with Crippen LogP contribution in [0.15, 0.2) is 42.5 Å². The van der Waals surface area contributed by atoms with E-state index in [-0.39, 0.29) is 31.1 Å². The van der Waals surface area contributed by atoms with Gasteiger partial charge in [-0.1, -0.05) is 12.1 Å². The van der Waals surface area contributed by atoms with Crippen LogP contribution in [0.2, 0.25) is 0 Å². The number of benzene rings is 2. The number of carbonyl (C=O) groups is 1. The number of alkyl halides is 6. The summed E-state index contributed by atoms with van der Waals surface area (Å²) in [5.74, 6) is -1.55. The summed E-state index contributed by atoms with van der Waals surface area (Å²) < 4.78 is 93.0. The van der Waals surface area contributed by atoms with Crippen LogP contribution < -0.4 is 0 Å². The van der Waals surface area contributed by atoms with Crippen LogP contribution in [0, 0.1) is 5.82 Å². The van der Waals surface area contributed by atoms with E-state index in [1.807, 2.05) is 0 Å². The minimum Gasteiger partial charge on any atom is -0.338 e. The van der Waals surface area contributed by atoms with Gasteiger partial charge in [0.15, 0.2) is 0 Å². The largest absolute Gasteiger partial charge is 0.416 e. The number of nitrogens with zero attached hydrogens (tertiary/aromatic N) is 2. The highest BCUT2D eigenvalue weighted by Gasteiger charge is 2.40. The van der Waals surface area contributed by atoms with Gasteiger partial charge in [0.25, 0.3) is 5.91 Å². The zero-order valence-electron chi connectivity index (χ0n) is 18.1. The fourth-order valence-electron chi connectivity index (χ4n) is 4.93. The molecule has 2 heterocycles. The first-order valence-electron chi connectivity index (χ1n) is 11.0. The Morgan fingerprint density at radius 3 is 1.91 bits per heavy atom. The first-order chi connectivity index (χ1) is 15.9. The summed E-state index contributed by atoms with van der Waals surface area (Å²) in [6.45, 7) is 2.07. The zero-order chi connectivity index (χ0) is 24.7. The molecule has 0 aliphatic carbocycles. The van der Waals surface area contributed by atoms with Crippen molar-refractivity contribution < 1.29 is 35.5 Å². The Hall–Kier alpha value is -2.62. The van der Waals surface area contributed by atoms with E-state index in [0.717, 1.165) is 31.5 Å². The molecular weight excluding hydrogens is 465 g/mol. The monoisotopic (exact) mass is 488 g/mol. The first kappa shape index (κ1) is 24.5. The number of piperidine rings is 1. The standard InChI is InChI=1S/C24H23F7N2O/c25-19-5-3-15(4-6-19)20-14-33(10-7-21(20)32-8-1-2-9-32)22(34)16-11-17(23(26,27)28)13-18(12-16)24(29,30)31/h3-6,11-13,20-21H,1-2,7-10,14H2/t20-,21-/m0/s1. The van der Waals surface area contributed by atoms with Crippen LogP contribution in [0.4, 0.5) is 30.7 Å². The molecule has 184 valence electrons. The molecule has 0 unspecified atom stereocenters. The van der Waals surface area contributed by atoms with Crippen molar-refractivity contribution in [3.05, 3.63) is 70.5 Å². The van der Waals surface area contributed by atoms with Gasteiger partial charge in [-0.15, -0.1) is 0 Å². The number of amides is 1. The molecule has 2 saturated heterocycles. The second-order valence-corrected chi connectivity index (χ2v) is 8.80. The number of carbonyl (C=O) groups excluding carboxylic acids is 1. The van der Waals surface area contributed by atoms with Crippen LogP contribution in [0.25, 0.3) is 0 Å². The number of rotatable bonds is 3. The van der Waals surface area contributed by atoms with Crippen LogP contribution in [0.5, 0.6) is 0 Å². The SMILES string of the molecule is O=C(c1cc(C(F)(F)F)cc(C(F)(F)F)c1)N1CC[C@H](N2CCCC2)[C@H](c2ccc(F)cc2)C1. The summed E-state index contributed by atoms with van der Waals surface area (Å²) in [7, 11) is 0. The van der Waals surface area contributed by atoms with Crippen LogP contribution in [-0.4, -0.2) is 47.9 Å². The van der Waals surface area contributed by atoms with Gasteiger partial charge in [0.2, 0.25) is 0 Å². The summed E-state index contributed by atoms with van der Waals surface area (Å²) in [5.41, 5.74) is -2.92. The van der Waals surface area contributed by atoms with Crippen molar-refractivity contribution in [3.8, 4) is 0 Å². The molecule has 2 atom stereocenters. The second kappa shape index (κ2) is 9.20. The lowest BCUT2D eigenvalue weighted by molar-refractivity contribution is -0.143. The van der Waals surface area contributed by atoms with E-state index >= 15 is 0 Å². The van der Waals surface area contributed by atoms with Crippen molar-refractivity contribution in [2.75, 3.05) is 26.2 Å². The molecule has 3 nitrogen and oxygen atoms in total. The minimum atomic E-state index is -5.03. The average molecular weight is 488 g/mol. The number of halogens is 7. The number of hydrogen-bond acceptors (Lipinski definition) is 2. The van der Waals surface area contributed by atoms with Crippen LogP contribution in [0.3, 0.4) is 0 Å². The van der Waals surface area contributed by atoms with Crippen LogP contribution >= 0.6 is 0 Å². The van der Waals surface area contributed by atoms with E-state index in [2.05, 4.69) is 4.90 Å². The molecule has 0 N–H and O–H groups in total. The van der Waals surface area contributed by atoms with Crippen molar-refractivity contribution in [2.45, 2.75) is 43.6 Å². The second-order valence-electron chi connectivity index (χ2n) is 8.80. The third kappa shape index (κ3) is 5.21. The van der Waals surface area contributed by atoms with Crippen molar-refractivity contribution in [1.82, 2.24) is 9.80 Å². The lowest BCUT2D eigenvalue weighted by atomic mass is 9.84. The third-order valence-corrected chi connectivity index (χ3v) is 6.61. The Morgan fingerprint density at radius 2 is 1.38 bits per heavy atom. The third-order valence-electron chi connectivity index (χ3n) is 6.61. The van der Waals surface area contributed by atoms with Crippen molar-refractivity contribution in [2.24, 2.45) is 0 Å². The summed E-state index contributed by atoms with van der Waals surface area (Å²) in [6, 6.07) is 6.83. The maximum absolute atomic E-state index is 13.5. The summed E-state index contributed by atoms with van der Waals surface area (Å²) >= 11 is 0. The van der Waals surface area contributed by atoms with Gasteiger partial charge in [0, 0.05) is 30.6 Å². The molecule has 2 aliphatic rings. The molecule has 2 aromatic carbocycles. The van der Waals surface area contributed by atoms with Crippen molar-refractivity contribution >= 4 is 5.91 Å². The molecule has 2 aliphatic heterocycles. The van der Waals surface area contributed by atoms with E-state index in [4.69, 9.17) is 0 Å². The van der Waals surface area contributed by atoms with E-state index in [1.54, 1.807) is 12.1 Å². The van der Waals surface area contributed by atoms with Crippen molar-refractivity contribution in [1.29, 1.82) is 0 Å². The molecule has 0 radical (unpaired) electrons. The molecule has 2 aromatic rings. The van der Waals surface area contributed by atoms with Gasteiger partial charge < -0.3 is 4.90 Å². The van der Waals surface area contributed by atoms with Crippen LogP contribution in [0.1, 0.15) is 52.2 Å². The number of hydrogen-bond donors (Lipinski definition) is 0. The predicted molar refractivity (Wildman–Crippen MR) is 111 cm³/mol. The molecule has 0 spiro atoms. The lowest BCUT2D eigenvalue weighted by Crippen LogP contribution is -2.50. The molecule has 1 amide bonds. The van der Waals surface area contributed by atoms with Gasteiger partial charge in [-0.3, -0.25) is 9.69 Å². The Bertz CT molecular complexity index is 995. The van der Waals surface area contributed by atoms with Gasteiger partial charge in [-0.2, -0.15) is 26.3 Å². The summed E-state index contributed by atoms with van der Waals surface area (Å²) in [5, 5.41) is 0. The van der Waals surface area contributed by atoms with E-state index < -0.39 is 40.8 Å². The highest BCUT2D eigenvalue weighted by atomic mass is 19.4. The van der Waals surface area contributed by atoms with E-state index in [9.17, 15) is 35.5 Å². The minimum absolute atomic E-state index is 0.0116. The molecule has 0 aromatic heterocycles. The Kier molecular flexibility index (Phi) is 6.63. The van der Waals surface area contributed by atoms with Crippen molar-refractivity contribution in [3.63, 3.8) is 0 Å². The molecule has 0 saturated carbocycles. The Balaban J connectivity index is 1.65. The number of likely N-dealkylation sites (tertiary alicyclic amines) is 2. The molecule has 34 heavy (non-hydrogen) atoms. The van der Waals surface area contributed by atoms with E-state index in [1.165, 1.54) is 17.0 Å². The highest BCUT2D eigenvalue weighted by molar-refractivity contribution is 5.95. The fourth-order valence-corrected chi connectivity index (χ4v) is 4.93. The predicted octanol–water partition coefficient (Wildman–Crippen LogP) is 5.96. The molecule has 2 fully saturated rings. The van der Waals surface area contributed by atoms with Gasteiger partial charge in [0.1, 0.15) is 5.82 Å². The maximum atomic E-state index is 13.5. The molecule has 4 rings (SSSR count). The first-order valence-corrected chi connectivity index (χ1v) is 11.0. The van der Waals surface area contributed by atoms with Gasteiger partial charge in [0.05, 0.1) is 11.1 Å². The fraction of sp³-hybridized carbons (Fsp3) is 0.458. The van der Waals surface area contributed by atoms with Gasteiger partial charge in [-0.25, -0.2) is 4.39 Å². The smallest absolute Gasteiger partial charge is 0.338 e. The molecule has 10 heteroatoms. The van der Waals surface area contributed by atoms with Gasteiger partial charge >= 0.3 is 12.4 Å².